The van der Waals surface area contributed by atoms with Crippen LogP contribution in [0.4, 0.5) is 0 Å². The van der Waals surface area contributed by atoms with Gasteiger partial charge in [0, 0.05) is 12.1 Å². The number of nitrogens with zero attached hydrogens (tertiary/aromatic N) is 1. The Balaban J connectivity index is 1.77. The van der Waals surface area contributed by atoms with E-state index < -0.39 is 0 Å². The van der Waals surface area contributed by atoms with Gasteiger partial charge >= 0.3 is 0 Å². The first-order valence-corrected chi connectivity index (χ1v) is 6.01. The first-order chi connectivity index (χ1) is 6.66. The lowest BCUT2D eigenvalue weighted by Crippen LogP contribution is -2.57. The smallest absolute Gasteiger partial charge is 0.0645 e. The quantitative estimate of drug-likeness (QED) is 0.635. The molecule has 0 saturated carbocycles. The third-order valence-electron chi connectivity index (χ3n) is 4.29. The minimum absolute atomic E-state index is 0.590. The highest BCUT2D eigenvalue weighted by Gasteiger charge is 2.47. The van der Waals surface area contributed by atoms with Crippen LogP contribution < -0.4 is 0 Å². The first kappa shape index (κ1) is 9.17. The Morgan fingerprint density at radius 2 is 1.57 bits per heavy atom. The van der Waals surface area contributed by atoms with Crippen LogP contribution in [0.25, 0.3) is 0 Å². The molecule has 2 nitrogen and oxygen atoms in total. The Morgan fingerprint density at radius 3 is 2.00 bits per heavy atom. The van der Waals surface area contributed by atoms with Crippen LogP contribution in [0.2, 0.25) is 0 Å². The van der Waals surface area contributed by atoms with Crippen molar-refractivity contribution in [3.63, 3.8) is 0 Å². The normalized spacial score (nSPS) is 42.4. The van der Waals surface area contributed by atoms with Gasteiger partial charge in [-0.3, -0.25) is 4.90 Å². The van der Waals surface area contributed by atoms with E-state index in [2.05, 4.69) is 18.7 Å². The van der Waals surface area contributed by atoms with Gasteiger partial charge in [0.2, 0.25) is 0 Å². The molecule has 2 heteroatoms. The van der Waals surface area contributed by atoms with Gasteiger partial charge in [0.25, 0.3) is 0 Å². The van der Waals surface area contributed by atoms with Gasteiger partial charge in [0.05, 0.1) is 19.3 Å². The molecule has 0 aromatic rings. The first-order valence-electron chi connectivity index (χ1n) is 6.01. The summed E-state index contributed by atoms with van der Waals surface area (Å²) in [6.07, 6.45) is 5.68. The molecule has 2 bridgehead atoms. The third-order valence-corrected chi connectivity index (χ3v) is 4.29. The molecule has 80 valence electrons. The number of rotatable bonds is 1. The Kier molecular flexibility index (Phi) is 1.94. The molecule has 3 aliphatic rings. The van der Waals surface area contributed by atoms with E-state index in [1.807, 2.05) is 0 Å². The number of hydrogen-bond donors (Lipinski definition) is 0. The van der Waals surface area contributed by atoms with Gasteiger partial charge < -0.3 is 4.74 Å². The van der Waals surface area contributed by atoms with E-state index in [4.69, 9.17) is 4.74 Å². The Hall–Kier alpha value is -0.0800. The van der Waals surface area contributed by atoms with Crippen molar-refractivity contribution in [3.05, 3.63) is 0 Å². The lowest BCUT2D eigenvalue weighted by molar-refractivity contribution is -0.103. The fraction of sp³-hybridized carbons (Fsp3) is 1.00. The second-order valence-corrected chi connectivity index (χ2v) is 6.10. The maximum Gasteiger partial charge on any atom is 0.0645 e. The number of hydrogen-bond acceptors (Lipinski definition) is 2. The Labute approximate surface area is 86.6 Å². The summed E-state index contributed by atoms with van der Waals surface area (Å²) >= 11 is 0. The van der Waals surface area contributed by atoms with E-state index in [-0.39, 0.29) is 0 Å². The van der Waals surface area contributed by atoms with E-state index in [1.165, 1.54) is 25.7 Å². The number of fused-ring (bicyclic) bond motifs is 2. The zero-order chi connectivity index (χ0) is 9.76. The average molecular weight is 195 g/mol. The van der Waals surface area contributed by atoms with Crippen molar-refractivity contribution >= 4 is 0 Å². The summed E-state index contributed by atoms with van der Waals surface area (Å²) in [5.74, 6) is 0. The molecule has 3 saturated heterocycles. The van der Waals surface area contributed by atoms with Crippen molar-refractivity contribution in [2.45, 2.75) is 57.7 Å². The van der Waals surface area contributed by atoms with Gasteiger partial charge in [0.15, 0.2) is 0 Å². The molecule has 0 radical (unpaired) electrons. The molecule has 0 N–H and O–H groups in total. The zero-order valence-electron chi connectivity index (χ0n) is 9.33. The molecule has 3 rings (SSSR count). The Bertz CT molecular complexity index is 218. The predicted molar refractivity (Wildman–Crippen MR) is 56.3 cm³/mol. The molecular weight excluding hydrogens is 174 g/mol. The van der Waals surface area contributed by atoms with Crippen molar-refractivity contribution < 1.29 is 4.74 Å². The molecule has 3 heterocycles. The second kappa shape index (κ2) is 2.96. The molecule has 2 atom stereocenters. The van der Waals surface area contributed by atoms with Crippen LogP contribution in [0.3, 0.4) is 0 Å². The minimum Gasteiger partial charge on any atom is -0.378 e. The molecular formula is C12H21NO. The molecule has 3 fully saturated rings. The molecule has 0 spiro atoms. The maximum absolute atomic E-state index is 5.32. The molecule has 14 heavy (non-hydrogen) atoms. The minimum atomic E-state index is 0.590. The highest BCUT2D eigenvalue weighted by molar-refractivity contribution is 5.01. The predicted octanol–water partition coefficient (Wildman–Crippen LogP) is 2.04. The van der Waals surface area contributed by atoms with Gasteiger partial charge in [-0.25, -0.2) is 0 Å². The van der Waals surface area contributed by atoms with Crippen LogP contribution in [-0.2, 0) is 4.74 Å². The van der Waals surface area contributed by atoms with Gasteiger partial charge in [-0.2, -0.15) is 0 Å². The van der Waals surface area contributed by atoms with Crippen molar-refractivity contribution in [1.29, 1.82) is 0 Å². The monoisotopic (exact) mass is 195 g/mol. The van der Waals surface area contributed by atoms with E-state index >= 15 is 0 Å². The van der Waals surface area contributed by atoms with E-state index in [9.17, 15) is 0 Å². The highest BCUT2D eigenvalue weighted by atomic mass is 16.5. The molecule has 3 aliphatic heterocycles. The van der Waals surface area contributed by atoms with Gasteiger partial charge in [-0.15, -0.1) is 0 Å². The fourth-order valence-corrected chi connectivity index (χ4v) is 3.75. The van der Waals surface area contributed by atoms with Crippen LogP contribution in [0.15, 0.2) is 0 Å². The van der Waals surface area contributed by atoms with Gasteiger partial charge in [-0.05, 0) is 31.1 Å². The number of piperidine rings is 1. The largest absolute Gasteiger partial charge is 0.378 e. The molecule has 0 aromatic heterocycles. The standard InChI is InChI=1S/C12H21NO/c1-12(2)5-9-3-4-10(6-12)13(9)11-7-14-8-11/h9-11H,3-8H2,1-2H3. The maximum atomic E-state index is 5.32. The van der Waals surface area contributed by atoms with Crippen molar-refractivity contribution in [2.75, 3.05) is 13.2 Å². The van der Waals surface area contributed by atoms with E-state index in [0.717, 1.165) is 31.3 Å². The van der Waals surface area contributed by atoms with Crippen LogP contribution in [0.5, 0.6) is 0 Å². The third kappa shape index (κ3) is 1.31. The Morgan fingerprint density at radius 1 is 1.00 bits per heavy atom. The van der Waals surface area contributed by atoms with Crippen LogP contribution in [0.1, 0.15) is 39.5 Å². The summed E-state index contributed by atoms with van der Waals surface area (Å²) in [5, 5.41) is 0. The molecule has 0 aliphatic carbocycles. The van der Waals surface area contributed by atoms with Crippen molar-refractivity contribution in [3.8, 4) is 0 Å². The van der Waals surface area contributed by atoms with Crippen LogP contribution in [-0.4, -0.2) is 36.2 Å². The van der Waals surface area contributed by atoms with Crippen LogP contribution >= 0.6 is 0 Å². The zero-order valence-corrected chi connectivity index (χ0v) is 9.33. The van der Waals surface area contributed by atoms with Crippen molar-refractivity contribution in [2.24, 2.45) is 5.41 Å². The summed E-state index contributed by atoms with van der Waals surface area (Å²) in [6, 6.07) is 2.51. The fourth-order valence-electron chi connectivity index (χ4n) is 3.75. The lowest BCUT2D eigenvalue weighted by Gasteiger charge is -2.49. The molecule has 0 aromatic carbocycles. The summed E-state index contributed by atoms with van der Waals surface area (Å²) in [4.78, 5) is 2.79. The van der Waals surface area contributed by atoms with Crippen molar-refractivity contribution in [1.82, 2.24) is 4.90 Å². The second-order valence-electron chi connectivity index (χ2n) is 6.10. The van der Waals surface area contributed by atoms with E-state index in [0.29, 0.717) is 5.41 Å². The highest BCUT2D eigenvalue weighted by Crippen LogP contribution is 2.46. The summed E-state index contributed by atoms with van der Waals surface area (Å²) < 4.78 is 5.32. The topological polar surface area (TPSA) is 12.5 Å². The SMILES string of the molecule is CC1(C)CC2CCC(C1)N2C1COC1. The lowest BCUT2D eigenvalue weighted by atomic mass is 9.78. The van der Waals surface area contributed by atoms with Crippen LogP contribution in [0, 0.1) is 5.41 Å². The van der Waals surface area contributed by atoms with Gasteiger partial charge in [0.1, 0.15) is 0 Å². The molecule has 2 unspecified atom stereocenters. The van der Waals surface area contributed by atoms with Gasteiger partial charge in [-0.1, -0.05) is 13.8 Å². The number of ether oxygens (including phenoxy) is 1. The van der Waals surface area contributed by atoms with E-state index in [1.54, 1.807) is 0 Å². The average Bonchev–Trinajstić information content (AvgIpc) is 2.28. The summed E-state index contributed by atoms with van der Waals surface area (Å²) in [7, 11) is 0. The summed E-state index contributed by atoms with van der Waals surface area (Å²) in [6.45, 7) is 6.86. The summed E-state index contributed by atoms with van der Waals surface area (Å²) in [5.41, 5.74) is 0.590. The molecule has 0 amide bonds.